The van der Waals surface area contributed by atoms with Crippen LogP contribution in [0.15, 0.2) is 186 Å². The summed E-state index contributed by atoms with van der Waals surface area (Å²) in [6, 6.07) is 60.7. The largest absolute Gasteiger partial charge is 0.455 e. The van der Waals surface area contributed by atoms with Crippen molar-refractivity contribution in [3.8, 4) is 79.5 Å². The van der Waals surface area contributed by atoms with E-state index in [0.717, 1.165) is 55.3 Å². The van der Waals surface area contributed by atoms with Gasteiger partial charge in [-0.2, -0.15) is 0 Å². The molecule has 258 valence electrons. The maximum Gasteiger partial charge on any atom is 0.167 e. The topological polar surface area (TPSA) is 90.5 Å². The van der Waals surface area contributed by atoms with Crippen LogP contribution in [0.4, 0.5) is 0 Å². The molecule has 0 fully saturated rings. The predicted molar refractivity (Wildman–Crippen MR) is 219 cm³/mol. The molecule has 0 aliphatic heterocycles. The zero-order valence-electron chi connectivity index (χ0n) is 29.4. The molecule has 3 heterocycles. The van der Waals surface area contributed by atoms with Crippen LogP contribution in [0.5, 0.6) is 0 Å². The van der Waals surface area contributed by atoms with Crippen molar-refractivity contribution in [3.05, 3.63) is 182 Å². The second-order valence-electron chi connectivity index (χ2n) is 13.1. The van der Waals surface area contributed by atoms with Gasteiger partial charge < -0.3 is 4.42 Å². The number of para-hydroxylation sites is 1. The molecule has 0 radical (unpaired) electrons. The molecule has 0 aliphatic carbocycles. The average Bonchev–Trinajstić information content (AvgIpc) is 3.67. The molecule has 7 nitrogen and oxygen atoms in total. The SMILES string of the molecule is c1ccc(-c2cccc(-c3nc(-c4ccccc4)nc(-c4cccc5oc6c(-c7nc(-c8ccccc8)nc(-c8ccccc8)n7)cccc6c45)n3)c2)cc1. The number of aromatic nitrogens is 6. The van der Waals surface area contributed by atoms with Crippen LogP contribution in [0, 0.1) is 0 Å². The molecule has 10 aromatic rings. The summed E-state index contributed by atoms with van der Waals surface area (Å²) in [5, 5.41) is 1.80. The maximum atomic E-state index is 6.71. The lowest BCUT2D eigenvalue weighted by molar-refractivity contribution is 0.669. The fourth-order valence-corrected chi connectivity index (χ4v) is 6.95. The Morgan fingerprint density at radius 2 is 0.691 bits per heavy atom. The number of nitrogens with zero attached hydrogens (tertiary/aromatic N) is 6. The normalized spacial score (nSPS) is 11.3. The van der Waals surface area contributed by atoms with Gasteiger partial charge in [-0.25, -0.2) is 29.9 Å². The van der Waals surface area contributed by atoms with E-state index in [4.69, 9.17) is 34.3 Å². The lowest BCUT2D eigenvalue weighted by Crippen LogP contribution is -2.00. The van der Waals surface area contributed by atoms with Crippen LogP contribution in [-0.2, 0) is 0 Å². The lowest BCUT2D eigenvalue weighted by Gasteiger charge is -2.10. The van der Waals surface area contributed by atoms with Gasteiger partial charge in [0, 0.05) is 38.6 Å². The van der Waals surface area contributed by atoms with Crippen LogP contribution in [0.2, 0.25) is 0 Å². The van der Waals surface area contributed by atoms with Crippen LogP contribution in [-0.4, -0.2) is 29.9 Å². The summed E-state index contributed by atoms with van der Waals surface area (Å²) in [4.78, 5) is 30.2. The molecule has 7 aromatic carbocycles. The molecule has 3 aromatic heterocycles. The highest BCUT2D eigenvalue weighted by atomic mass is 16.3. The second-order valence-corrected chi connectivity index (χ2v) is 13.1. The molecule has 0 bridgehead atoms. The Hall–Kier alpha value is -7.64. The molecule has 0 unspecified atom stereocenters. The number of benzene rings is 7. The molecule has 7 heteroatoms. The van der Waals surface area contributed by atoms with Gasteiger partial charge in [-0.15, -0.1) is 0 Å². The summed E-state index contributed by atoms with van der Waals surface area (Å²) in [6.45, 7) is 0. The molecule has 0 amide bonds. The summed E-state index contributed by atoms with van der Waals surface area (Å²) in [6.07, 6.45) is 0. The standard InChI is InChI=1S/C48H30N6O/c1-5-16-31(17-6-1)35-24-13-25-36(30-35)46-50-45(34-22-11-4-12-23-34)51-47(54-46)38-27-15-29-40-41(38)37-26-14-28-39(42(37)55-40)48-52-43(32-18-7-2-8-19-32)49-44(53-48)33-20-9-3-10-21-33/h1-30H. The van der Waals surface area contributed by atoms with Gasteiger partial charge >= 0.3 is 0 Å². The Balaban J connectivity index is 1.16. The molecule has 0 N–H and O–H groups in total. The van der Waals surface area contributed by atoms with E-state index < -0.39 is 0 Å². The highest BCUT2D eigenvalue weighted by Crippen LogP contribution is 2.40. The van der Waals surface area contributed by atoms with Crippen molar-refractivity contribution in [3.63, 3.8) is 0 Å². The summed E-state index contributed by atoms with van der Waals surface area (Å²) < 4.78 is 6.71. The quantitative estimate of drug-likeness (QED) is 0.163. The third-order valence-corrected chi connectivity index (χ3v) is 9.60. The van der Waals surface area contributed by atoms with Gasteiger partial charge in [0.15, 0.2) is 34.9 Å². The number of rotatable bonds is 7. The van der Waals surface area contributed by atoms with E-state index in [1.54, 1.807) is 0 Å². The fourth-order valence-electron chi connectivity index (χ4n) is 6.95. The Bertz CT molecular complexity index is 2910. The first-order valence-electron chi connectivity index (χ1n) is 18.0. The predicted octanol–water partition coefficient (Wildman–Crippen LogP) is 11.6. The zero-order valence-corrected chi connectivity index (χ0v) is 29.4. The van der Waals surface area contributed by atoms with Crippen molar-refractivity contribution in [2.24, 2.45) is 0 Å². The van der Waals surface area contributed by atoms with Crippen LogP contribution < -0.4 is 0 Å². The van der Waals surface area contributed by atoms with Gasteiger partial charge in [0.1, 0.15) is 11.2 Å². The minimum Gasteiger partial charge on any atom is -0.455 e. The van der Waals surface area contributed by atoms with Gasteiger partial charge in [0.05, 0.1) is 5.56 Å². The first-order valence-corrected chi connectivity index (χ1v) is 18.0. The van der Waals surface area contributed by atoms with Crippen molar-refractivity contribution in [1.29, 1.82) is 0 Å². The van der Waals surface area contributed by atoms with E-state index in [9.17, 15) is 0 Å². The molecule has 10 rings (SSSR count). The first-order chi connectivity index (χ1) is 27.2. The van der Waals surface area contributed by atoms with Crippen molar-refractivity contribution >= 4 is 21.9 Å². The van der Waals surface area contributed by atoms with Crippen molar-refractivity contribution < 1.29 is 4.42 Å². The summed E-state index contributed by atoms with van der Waals surface area (Å²) >= 11 is 0. The highest BCUT2D eigenvalue weighted by molar-refractivity contribution is 6.14. The van der Waals surface area contributed by atoms with Crippen molar-refractivity contribution in [2.75, 3.05) is 0 Å². The van der Waals surface area contributed by atoms with Crippen molar-refractivity contribution in [2.45, 2.75) is 0 Å². The molecular formula is C48H30N6O. The minimum atomic E-state index is 0.519. The van der Waals surface area contributed by atoms with Crippen LogP contribution in [0.3, 0.4) is 0 Å². The van der Waals surface area contributed by atoms with Gasteiger partial charge in [-0.3, -0.25) is 0 Å². The molecule has 0 aliphatic rings. The van der Waals surface area contributed by atoms with Crippen LogP contribution in [0.25, 0.3) is 101 Å². The van der Waals surface area contributed by atoms with Gasteiger partial charge in [-0.05, 0) is 29.3 Å². The monoisotopic (exact) mass is 706 g/mol. The van der Waals surface area contributed by atoms with E-state index in [1.807, 2.05) is 152 Å². The molecular weight excluding hydrogens is 677 g/mol. The van der Waals surface area contributed by atoms with E-state index in [2.05, 4.69) is 30.3 Å². The summed E-state index contributed by atoms with van der Waals surface area (Å²) in [5.41, 5.74) is 8.77. The Labute approximate surface area is 316 Å². The summed E-state index contributed by atoms with van der Waals surface area (Å²) in [5.74, 6) is 3.40. The Kier molecular flexibility index (Phi) is 8.00. The molecule has 55 heavy (non-hydrogen) atoms. The zero-order chi connectivity index (χ0) is 36.6. The molecule has 0 saturated heterocycles. The molecule has 0 atom stereocenters. The smallest absolute Gasteiger partial charge is 0.167 e. The number of furan rings is 1. The minimum absolute atomic E-state index is 0.519. The highest BCUT2D eigenvalue weighted by Gasteiger charge is 2.21. The van der Waals surface area contributed by atoms with E-state index in [-0.39, 0.29) is 0 Å². The molecule has 0 spiro atoms. The van der Waals surface area contributed by atoms with Gasteiger partial charge in [-0.1, -0.05) is 164 Å². The number of hydrogen-bond acceptors (Lipinski definition) is 7. The van der Waals surface area contributed by atoms with E-state index in [1.165, 1.54) is 0 Å². The number of fused-ring (bicyclic) bond motifs is 3. The van der Waals surface area contributed by atoms with Crippen LogP contribution in [0.1, 0.15) is 0 Å². The Morgan fingerprint density at radius 1 is 0.291 bits per heavy atom. The van der Waals surface area contributed by atoms with Crippen LogP contribution >= 0.6 is 0 Å². The number of hydrogen-bond donors (Lipinski definition) is 0. The third-order valence-electron chi connectivity index (χ3n) is 9.60. The average molecular weight is 707 g/mol. The lowest BCUT2D eigenvalue weighted by atomic mass is 10.0. The Morgan fingerprint density at radius 3 is 1.25 bits per heavy atom. The summed E-state index contributed by atoms with van der Waals surface area (Å²) in [7, 11) is 0. The first kappa shape index (κ1) is 32.0. The van der Waals surface area contributed by atoms with Gasteiger partial charge in [0.25, 0.3) is 0 Å². The molecule has 0 saturated carbocycles. The van der Waals surface area contributed by atoms with Crippen molar-refractivity contribution in [1.82, 2.24) is 29.9 Å². The third kappa shape index (κ3) is 6.09. The van der Waals surface area contributed by atoms with Gasteiger partial charge in [0.2, 0.25) is 0 Å². The maximum absolute atomic E-state index is 6.71. The van der Waals surface area contributed by atoms with E-state index in [0.29, 0.717) is 46.1 Å². The van der Waals surface area contributed by atoms with E-state index >= 15 is 0 Å². The second kappa shape index (κ2) is 13.7. The fraction of sp³-hybridized carbons (Fsp3) is 0.